The van der Waals surface area contributed by atoms with Crippen molar-refractivity contribution < 1.29 is 83.1 Å². The first-order valence-corrected chi connectivity index (χ1v) is 7.80. The van der Waals surface area contributed by atoms with E-state index in [0.29, 0.717) is 0 Å². The maximum absolute atomic E-state index is 13.1. The van der Waals surface area contributed by atoms with Gasteiger partial charge in [-0.15, -0.1) is 0 Å². The fourth-order valence-electron chi connectivity index (χ4n) is 1.38. The predicted octanol–water partition coefficient (Wildman–Crippen LogP) is 5.00. The zero-order valence-corrected chi connectivity index (χ0v) is 13.5. The molecule has 176 valence electrons. The van der Waals surface area contributed by atoms with Crippen LogP contribution in [0.5, 0.6) is 0 Å². The van der Waals surface area contributed by atoms with Crippen molar-refractivity contribution in [1.29, 1.82) is 0 Å². The van der Waals surface area contributed by atoms with Gasteiger partial charge in [-0.2, -0.15) is 74.6 Å². The van der Waals surface area contributed by atoms with Gasteiger partial charge >= 0.3 is 47.0 Å². The fraction of sp³-hybridized carbons (Fsp3) is 1.00. The molecule has 0 aliphatic heterocycles. The second kappa shape index (κ2) is 6.38. The lowest BCUT2D eigenvalue weighted by molar-refractivity contribution is -0.458. The van der Waals surface area contributed by atoms with Crippen LogP contribution >= 0.6 is 0 Å². The Labute approximate surface area is 147 Å². The van der Waals surface area contributed by atoms with Gasteiger partial charge in [0.15, 0.2) is 0 Å². The average molecular weight is 498 g/mol. The lowest BCUT2D eigenvalue weighted by Crippen LogP contribution is -2.74. The Hall–Kier alpha value is -1.24. The molecule has 0 saturated heterocycles. The summed E-state index contributed by atoms with van der Waals surface area (Å²) in [6.45, 7) is 0. The lowest BCUT2D eigenvalue weighted by Gasteiger charge is -2.42. The van der Waals surface area contributed by atoms with Gasteiger partial charge in [0.25, 0.3) is 0 Å². The largest absolute Gasteiger partial charge is 0.460 e. The Bertz CT molecular complexity index is 730. The number of sulfone groups is 1. The van der Waals surface area contributed by atoms with Crippen LogP contribution in [0.2, 0.25) is 0 Å². The van der Waals surface area contributed by atoms with Crippen LogP contribution in [0.1, 0.15) is 0 Å². The quantitative estimate of drug-likeness (QED) is 0.464. The molecule has 0 unspecified atom stereocenters. The van der Waals surface area contributed by atoms with E-state index in [1.54, 1.807) is 0 Å². The second-order valence-corrected chi connectivity index (χ2v) is 7.29. The molecule has 0 rings (SSSR count). The summed E-state index contributed by atoms with van der Waals surface area (Å²) < 4.78 is 237. The topological polar surface area (TPSA) is 34.1 Å². The molecule has 0 aliphatic carbocycles. The molecule has 0 heterocycles. The second-order valence-electron chi connectivity index (χ2n) is 5.23. The van der Waals surface area contributed by atoms with Crippen molar-refractivity contribution in [3.05, 3.63) is 0 Å². The van der Waals surface area contributed by atoms with Gasteiger partial charge in [-0.3, -0.25) is 0 Å². The molecular formula is C9H3F17O2S. The summed E-state index contributed by atoms with van der Waals surface area (Å²) in [6, 6.07) is 0. The van der Waals surface area contributed by atoms with Gasteiger partial charge in [0.2, 0.25) is 9.84 Å². The van der Waals surface area contributed by atoms with Gasteiger partial charge < -0.3 is 0 Å². The number of halogens is 17. The summed E-state index contributed by atoms with van der Waals surface area (Å²) in [5.41, 5.74) is 0. The standard InChI is InChI=1S/C9H3F17O2S/c1-29(27,28)9(25,26)7(20,21)5(16,17)3(12,13)2(10,11)4(14,15)6(18,19)8(22,23)24/h1H3. The van der Waals surface area contributed by atoms with E-state index >= 15 is 0 Å². The molecule has 0 atom stereocenters. The maximum Gasteiger partial charge on any atom is 0.460 e. The molecule has 0 aromatic carbocycles. The molecule has 0 spiro atoms. The van der Waals surface area contributed by atoms with E-state index in [4.69, 9.17) is 0 Å². The molecule has 0 bridgehead atoms. The summed E-state index contributed by atoms with van der Waals surface area (Å²) in [5.74, 6) is -51.3. The summed E-state index contributed by atoms with van der Waals surface area (Å²) in [7, 11) is -6.89. The Balaban J connectivity index is 6.90. The van der Waals surface area contributed by atoms with Crippen molar-refractivity contribution in [2.24, 2.45) is 0 Å². The van der Waals surface area contributed by atoms with Crippen molar-refractivity contribution >= 4 is 9.84 Å². The Morgan fingerprint density at radius 3 is 0.828 bits per heavy atom. The van der Waals surface area contributed by atoms with E-state index in [-0.39, 0.29) is 0 Å². The minimum Gasteiger partial charge on any atom is -0.223 e. The Morgan fingerprint density at radius 2 is 0.621 bits per heavy atom. The smallest absolute Gasteiger partial charge is 0.223 e. The number of hydrogen-bond acceptors (Lipinski definition) is 2. The fourth-order valence-corrected chi connectivity index (χ4v) is 1.98. The molecule has 0 amide bonds. The van der Waals surface area contributed by atoms with Crippen molar-refractivity contribution in [1.82, 2.24) is 0 Å². The Kier molecular flexibility index (Phi) is 6.11. The summed E-state index contributed by atoms with van der Waals surface area (Å²) in [5, 5.41) is -7.40. The first-order chi connectivity index (χ1) is 12.0. The first-order valence-electron chi connectivity index (χ1n) is 5.91. The van der Waals surface area contributed by atoms with Gasteiger partial charge in [-0.1, -0.05) is 0 Å². The van der Waals surface area contributed by atoms with E-state index in [9.17, 15) is 83.1 Å². The van der Waals surface area contributed by atoms with Gasteiger partial charge in [-0.25, -0.2) is 8.42 Å². The van der Waals surface area contributed by atoms with Crippen LogP contribution in [0.3, 0.4) is 0 Å². The summed E-state index contributed by atoms with van der Waals surface area (Å²) >= 11 is 0. The highest BCUT2D eigenvalue weighted by molar-refractivity contribution is 7.91. The first kappa shape index (κ1) is 27.8. The van der Waals surface area contributed by atoms with Crippen LogP contribution in [0, 0.1) is 0 Å². The molecule has 0 aromatic rings. The molecule has 0 fully saturated rings. The molecular weight excluding hydrogens is 495 g/mol. The van der Waals surface area contributed by atoms with Gasteiger partial charge in [0.05, 0.1) is 0 Å². The van der Waals surface area contributed by atoms with Gasteiger partial charge in [0, 0.05) is 6.26 Å². The highest BCUT2D eigenvalue weighted by Crippen LogP contribution is 2.64. The van der Waals surface area contributed by atoms with E-state index in [2.05, 4.69) is 0 Å². The number of alkyl halides is 17. The van der Waals surface area contributed by atoms with Crippen LogP contribution in [0.4, 0.5) is 74.6 Å². The third-order valence-corrected chi connectivity index (χ3v) is 4.35. The summed E-state index contributed by atoms with van der Waals surface area (Å²) in [6.07, 6.45) is -8.87. The van der Waals surface area contributed by atoms with Gasteiger partial charge in [0.1, 0.15) is 0 Å². The van der Waals surface area contributed by atoms with Crippen LogP contribution in [-0.4, -0.2) is 61.6 Å². The van der Waals surface area contributed by atoms with Crippen LogP contribution in [-0.2, 0) is 9.84 Å². The summed E-state index contributed by atoms with van der Waals surface area (Å²) in [4.78, 5) is 0. The minimum atomic E-state index is -8.78. The molecule has 20 heteroatoms. The average Bonchev–Trinajstić information content (AvgIpc) is 2.43. The monoisotopic (exact) mass is 498 g/mol. The van der Waals surface area contributed by atoms with Crippen molar-refractivity contribution in [3.8, 4) is 0 Å². The SMILES string of the molecule is CS(=O)(=O)C(F)(F)C(F)(F)C(F)(F)C(F)(F)C(F)(F)C(F)(F)C(F)(F)C(F)(F)F. The zero-order chi connectivity index (χ0) is 24.5. The maximum atomic E-state index is 13.1. The molecule has 0 aliphatic rings. The van der Waals surface area contributed by atoms with E-state index < -0.39 is 63.1 Å². The molecule has 0 saturated carbocycles. The molecule has 0 aromatic heterocycles. The van der Waals surface area contributed by atoms with Crippen molar-refractivity contribution in [2.45, 2.75) is 47.0 Å². The molecule has 2 nitrogen and oxygen atoms in total. The lowest BCUT2D eigenvalue weighted by atomic mass is 9.91. The number of rotatable bonds is 7. The normalized spacial score (nSPS) is 16.9. The molecule has 0 N–H and O–H groups in total. The van der Waals surface area contributed by atoms with Crippen LogP contribution < -0.4 is 0 Å². The zero-order valence-electron chi connectivity index (χ0n) is 12.7. The predicted molar refractivity (Wildman–Crippen MR) is 55.5 cm³/mol. The van der Waals surface area contributed by atoms with Crippen LogP contribution in [0.15, 0.2) is 0 Å². The van der Waals surface area contributed by atoms with Gasteiger partial charge in [-0.05, 0) is 0 Å². The highest BCUT2D eigenvalue weighted by Gasteiger charge is 2.96. The van der Waals surface area contributed by atoms with E-state index in [0.717, 1.165) is 0 Å². The molecule has 29 heavy (non-hydrogen) atoms. The molecule has 0 radical (unpaired) electrons. The number of hydrogen-bond donors (Lipinski definition) is 0. The highest BCUT2D eigenvalue weighted by atomic mass is 32.2. The third-order valence-electron chi connectivity index (χ3n) is 3.16. The third kappa shape index (κ3) is 3.28. The Morgan fingerprint density at radius 1 is 0.414 bits per heavy atom. The minimum absolute atomic E-state index is 1.03. The van der Waals surface area contributed by atoms with E-state index in [1.165, 1.54) is 0 Å². The van der Waals surface area contributed by atoms with Crippen molar-refractivity contribution in [2.75, 3.05) is 6.26 Å². The van der Waals surface area contributed by atoms with Crippen molar-refractivity contribution in [3.63, 3.8) is 0 Å². The van der Waals surface area contributed by atoms with E-state index in [1.807, 2.05) is 0 Å². The van der Waals surface area contributed by atoms with Crippen LogP contribution in [0.25, 0.3) is 0 Å².